The molecule has 1 aromatic rings. The summed E-state index contributed by atoms with van der Waals surface area (Å²) in [6.07, 6.45) is 2.91. The molecule has 2 aliphatic rings. The molecular weight excluding hydrogens is 321 g/mol. The maximum atomic E-state index is 12.5. The normalized spacial score (nSPS) is 18.4. The van der Waals surface area contributed by atoms with Crippen molar-refractivity contribution in [1.29, 1.82) is 0 Å². The summed E-state index contributed by atoms with van der Waals surface area (Å²) >= 11 is 0. The van der Waals surface area contributed by atoms with Gasteiger partial charge in [-0.1, -0.05) is 18.2 Å². The van der Waals surface area contributed by atoms with Crippen LogP contribution in [0.4, 0.5) is 5.69 Å². The van der Waals surface area contributed by atoms with E-state index in [9.17, 15) is 4.79 Å². The predicted octanol–water partition coefficient (Wildman–Crippen LogP) is 2.36. The Morgan fingerprint density at radius 1 is 1.27 bits per heavy atom. The first kappa shape index (κ1) is 19.0. The number of amides is 1. The summed E-state index contributed by atoms with van der Waals surface area (Å²) in [6, 6.07) is 6.26. The van der Waals surface area contributed by atoms with Crippen LogP contribution in [-0.2, 0) is 17.9 Å². The molecule has 122 valence electrons. The highest BCUT2D eigenvalue weighted by Crippen LogP contribution is 2.31. The van der Waals surface area contributed by atoms with Crippen LogP contribution in [0.5, 0.6) is 0 Å². The molecule has 1 aromatic carbocycles. The Kier molecular flexibility index (Phi) is 6.88. The first-order valence-electron chi connectivity index (χ1n) is 7.14. The van der Waals surface area contributed by atoms with Gasteiger partial charge in [0.15, 0.2) is 0 Å². The lowest BCUT2D eigenvalue weighted by Crippen LogP contribution is -2.26. The van der Waals surface area contributed by atoms with Gasteiger partial charge >= 0.3 is 0 Å². The minimum Gasteiger partial charge on any atom is -0.309 e. The minimum atomic E-state index is 0. The van der Waals surface area contributed by atoms with Gasteiger partial charge < -0.3 is 15.1 Å². The lowest BCUT2D eigenvalue weighted by molar-refractivity contribution is -0.114. The topological polar surface area (TPSA) is 35.6 Å². The molecule has 2 heterocycles. The fraction of sp³-hybridized carbons (Fsp3) is 0.438. The second kappa shape index (κ2) is 7.97. The molecule has 22 heavy (non-hydrogen) atoms. The number of hydrogen-bond acceptors (Lipinski definition) is 3. The highest BCUT2D eigenvalue weighted by molar-refractivity contribution is 6.08. The van der Waals surface area contributed by atoms with E-state index >= 15 is 0 Å². The number of anilines is 1. The summed E-state index contributed by atoms with van der Waals surface area (Å²) in [5.74, 6) is 0.173. The molecule has 6 heteroatoms. The zero-order valence-corrected chi connectivity index (χ0v) is 14.6. The molecule has 1 fully saturated rings. The Morgan fingerprint density at radius 2 is 2.05 bits per heavy atom. The van der Waals surface area contributed by atoms with Crippen molar-refractivity contribution in [2.24, 2.45) is 0 Å². The molecule has 0 spiro atoms. The lowest BCUT2D eigenvalue weighted by Gasteiger charge is -2.19. The van der Waals surface area contributed by atoms with Gasteiger partial charge in [-0.2, -0.15) is 0 Å². The number of fused-ring (bicyclic) bond motifs is 1. The van der Waals surface area contributed by atoms with E-state index in [1.807, 2.05) is 19.0 Å². The van der Waals surface area contributed by atoms with Crippen LogP contribution >= 0.6 is 24.8 Å². The molecule has 1 N–H and O–H groups in total. The van der Waals surface area contributed by atoms with Crippen molar-refractivity contribution < 1.29 is 4.79 Å². The lowest BCUT2D eigenvalue weighted by atomic mass is 10.1. The van der Waals surface area contributed by atoms with E-state index in [0.717, 1.165) is 43.9 Å². The van der Waals surface area contributed by atoms with Gasteiger partial charge in [-0.3, -0.25) is 4.79 Å². The largest absolute Gasteiger partial charge is 0.309 e. The quantitative estimate of drug-likeness (QED) is 0.855. The SMILES string of the molecule is CN(C)CC=C1CCN(c2cccc3c2CNC3)C1=O.Cl.Cl. The Hall–Kier alpha value is -1.07. The second-order valence-electron chi connectivity index (χ2n) is 5.72. The number of hydrogen-bond donors (Lipinski definition) is 1. The fourth-order valence-electron chi connectivity index (χ4n) is 2.89. The van der Waals surface area contributed by atoms with Crippen molar-refractivity contribution in [3.05, 3.63) is 41.0 Å². The Labute approximate surface area is 144 Å². The number of rotatable bonds is 3. The van der Waals surface area contributed by atoms with E-state index in [1.54, 1.807) is 0 Å². The first-order chi connectivity index (χ1) is 9.66. The number of nitrogens with one attached hydrogen (secondary N) is 1. The minimum absolute atomic E-state index is 0. The summed E-state index contributed by atoms with van der Waals surface area (Å²) in [4.78, 5) is 16.6. The van der Waals surface area contributed by atoms with E-state index in [-0.39, 0.29) is 30.7 Å². The zero-order valence-electron chi connectivity index (χ0n) is 13.0. The number of carbonyl (C=O) groups is 1. The highest BCUT2D eigenvalue weighted by Gasteiger charge is 2.29. The van der Waals surface area contributed by atoms with Gasteiger partial charge in [0.05, 0.1) is 0 Å². The average Bonchev–Trinajstić information content (AvgIpc) is 3.02. The number of likely N-dealkylation sites (N-methyl/N-ethyl adjacent to an activating group) is 1. The molecular formula is C16H23Cl2N3O. The first-order valence-corrected chi connectivity index (χ1v) is 7.14. The molecule has 0 bridgehead atoms. The molecule has 3 rings (SSSR count). The number of halogens is 2. The summed E-state index contributed by atoms with van der Waals surface area (Å²) in [5, 5.41) is 3.36. The summed E-state index contributed by atoms with van der Waals surface area (Å²) in [6.45, 7) is 3.40. The molecule has 0 aliphatic carbocycles. The standard InChI is InChI=1S/C16H21N3O.2ClH/c1-18(2)8-6-12-7-9-19(16(12)20)15-5-3-4-13-10-17-11-14(13)15;;/h3-6,17H,7-11H2,1-2H3;2*1H. The third-order valence-corrected chi connectivity index (χ3v) is 3.98. The van der Waals surface area contributed by atoms with E-state index in [2.05, 4.69) is 34.5 Å². The van der Waals surface area contributed by atoms with Crippen molar-refractivity contribution >= 4 is 36.4 Å². The Balaban J connectivity index is 0.00000121. The van der Waals surface area contributed by atoms with Gasteiger partial charge in [-0.25, -0.2) is 0 Å². The van der Waals surface area contributed by atoms with Crippen molar-refractivity contribution in [3.8, 4) is 0 Å². The van der Waals surface area contributed by atoms with Crippen LogP contribution in [0.2, 0.25) is 0 Å². The number of carbonyl (C=O) groups excluding carboxylic acids is 1. The molecule has 1 amide bonds. The molecule has 0 unspecified atom stereocenters. The molecule has 4 nitrogen and oxygen atoms in total. The van der Waals surface area contributed by atoms with Crippen LogP contribution in [0.25, 0.3) is 0 Å². The van der Waals surface area contributed by atoms with Gasteiger partial charge in [0.2, 0.25) is 0 Å². The van der Waals surface area contributed by atoms with E-state index in [1.165, 1.54) is 11.1 Å². The van der Waals surface area contributed by atoms with E-state index in [0.29, 0.717) is 0 Å². The third kappa shape index (κ3) is 3.63. The summed E-state index contributed by atoms with van der Waals surface area (Å²) in [7, 11) is 4.04. The van der Waals surface area contributed by atoms with Crippen LogP contribution in [0, 0.1) is 0 Å². The van der Waals surface area contributed by atoms with Gasteiger partial charge in [0.25, 0.3) is 5.91 Å². The summed E-state index contributed by atoms with van der Waals surface area (Å²) < 4.78 is 0. The van der Waals surface area contributed by atoms with Crippen molar-refractivity contribution in [2.45, 2.75) is 19.5 Å². The molecule has 0 aromatic heterocycles. The number of nitrogens with zero attached hydrogens (tertiary/aromatic N) is 2. The fourth-order valence-corrected chi connectivity index (χ4v) is 2.89. The zero-order chi connectivity index (χ0) is 14.1. The smallest absolute Gasteiger partial charge is 0.254 e. The molecule has 2 aliphatic heterocycles. The average molecular weight is 344 g/mol. The predicted molar refractivity (Wildman–Crippen MR) is 95.1 cm³/mol. The highest BCUT2D eigenvalue weighted by atomic mass is 35.5. The summed E-state index contributed by atoms with van der Waals surface area (Å²) in [5.41, 5.74) is 4.64. The number of benzene rings is 1. The molecule has 0 saturated carbocycles. The molecule has 1 saturated heterocycles. The monoisotopic (exact) mass is 343 g/mol. The van der Waals surface area contributed by atoms with Gasteiger partial charge in [-0.15, -0.1) is 24.8 Å². The van der Waals surface area contributed by atoms with E-state index < -0.39 is 0 Å². The van der Waals surface area contributed by atoms with Crippen LogP contribution in [0.3, 0.4) is 0 Å². The third-order valence-electron chi connectivity index (χ3n) is 3.98. The van der Waals surface area contributed by atoms with E-state index in [4.69, 9.17) is 0 Å². The van der Waals surface area contributed by atoms with Crippen LogP contribution in [-0.4, -0.2) is 38.0 Å². The van der Waals surface area contributed by atoms with Gasteiger partial charge in [0.1, 0.15) is 0 Å². The second-order valence-corrected chi connectivity index (χ2v) is 5.72. The van der Waals surface area contributed by atoms with Gasteiger partial charge in [0, 0.05) is 37.4 Å². The molecule has 0 radical (unpaired) electrons. The van der Waals surface area contributed by atoms with Crippen molar-refractivity contribution in [1.82, 2.24) is 10.2 Å². The van der Waals surface area contributed by atoms with Crippen LogP contribution in [0.15, 0.2) is 29.8 Å². The van der Waals surface area contributed by atoms with Crippen LogP contribution in [0.1, 0.15) is 17.5 Å². The Bertz CT molecular complexity index is 573. The maximum Gasteiger partial charge on any atom is 0.254 e. The molecule has 0 atom stereocenters. The maximum absolute atomic E-state index is 12.5. The van der Waals surface area contributed by atoms with Crippen molar-refractivity contribution in [2.75, 3.05) is 32.1 Å². The van der Waals surface area contributed by atoms with Gasteiger partial charge in [-0.05, 0) is 37.7 Å². The van der Waals surface area contributed by atoms with Crippen LogP contribution < -0.4 is 10.2 Å². The van der Waals surface area contributed by atoms with Crippen molar-refractivity contribution in [3.63, 3.8) is 0 Å². The Morgan fingerprint density at radius 3 is 2.77 bits per heavy atom.